The third-order valence-electron chi connectivity index (χ3n) is 3.89. The van der Waals surface area contributed by atoms with Crippen LogP contribution in [0.25, 0.3) is 0 Å². The summed E-state index contributed by atoms with van der Waals surface area (Å²) < 4.78 is 0. The SMILES string of the molecule is NC1CC[CH]CC1NC1CCCCC1N. The minimum Gasteiger partial charge on any atom is -0.326 e. The summed E-state index contributed by atoms with van der Waals surface area (Å²) in [5.74, 6) is 0. The van der Waals surface area contributed by atoms with Gasteiger partial charge in [-0.15, -0.1) is 0 Å². The van der Waals surface area contributed by atoms with E-state index in [0.29, 0.717) is 24.2 Å². The molecule has 0 aromatic heterocycles. The van der Waals surface area contributed by atoms with Crippen molar-refractivity contribution < 1.29 is 0 Å². The maximum Gasteiger partial charge on any atom is 0.0225 e. The molecule has 2 aliphatic rings. The Morgan fingerprint density at radius 1 is 0.933 bits per heavy atom. The van der Waals surface area contributed by atoms with E-state index in [0.717, 1.165) is 12.8 Å². The molecule has 0 bridgehead atoms. The van der Waals surface area contributed by atoms with Crippen molar-refractivity contribution in [1.29, 1.82) is 0 Å². The molecule has 0 amide bonds. The largest absolute Gasteiger partial charge is 0.326 e. The molecule has 0 spiro atoms. The molecule has 3 nitrogen and oxygen atoms in total. The zero-order chi connectivity index (χ0) is 10.7. The van der Waals surface area contributed by atoms with E-state index in [1.54, 1.807) is 0 Å². The van der Waals surface area contributed by atoms with Gasteiger partial charge in [0.1, 0.15) is 0 Å². The highest BCUT2D eigenvalue weighted by atomic mass is 15.0. The molecule has 3 heteroatoms. The molecule has 2 saturated carbocycles. The van der Waals surface area contributed by atoms with Crippen molar-refractivity contribution in [3.05, 3.63) is 6.42 Å². The molecule has 1 radical (unpaired) electrons. The lowest BCUT2D eigenvalue weighted by atomic mass is 9.86. The molecule has 2 fully saturated rings. The van der Waals surface area contributed by atoms with Gasteiger partial charge in [-0.3, -0.25) is 0 Å². The van der Waals surface area contributed by atoms with Crippen LogP contribution in [0.15, 0.2) is 0 Å². The van der Waals surface area contributed by atoms with Crippen molar-refractivity contribution in [3.63, 3.8) is 0 Å². The van der Waals surface area contributed by atoms with Crippen molar-refractivity contribution in [3.8, 4) is 0 Å². The molecule has 2 aliphatic carbocycles. The van der Waals surface area contributed by atoms with Gasteiger partial charge in [0.05, 0.1) is 0 Å². The van der Waals surface area contributed by atoms with Crippen LogP contribution in [0.2, 0.25) is 0 Å². The van der Waals surface area contributed by atoms with Crippen LogP contribution in [0.1, 0.15) is 44.9 Å². The lowest BCUT2D eigenvalue weighted by molar-refractivity contribution is 0.264. The Hall–Kier alpha value is -0.120. The molecule has 15 heavy (non-hydrogen) atoms. The molecular formula is C12H24N3. The average Bonchev–Trinajstić information content (AvgIpc) is 2.24. The van der Waals surface area contributed by atoms with Gasteiger partial charge in [0.15, 0.2) is 0 Å². The van der Waals surface area contributed by atoms with Gasteiger partial charge in [-0.25, -0.2) is 0 Å². The van der Waals surface area contributed by atoms with Gasteiger partial charge in [0.25, 0.3) is 0 Å². The molecule has 0 heterocycles. The second-order valence-corrected chi connectivity index (χ2v) is 5.09. The fourth-order valence-corrected chi connectivity index (χ4v) is 2.82. The number of nitrogens with two attached hydrogens (primary N) is 2. The average molecular weight is 210 g/mol. The Balaban J connectivity index is 1.83. The number of hydrogen-bond donors (Lipinski definition) is 3. The number of hydrogen-bond acceptors (Lipinski definition) is 3. The highest BCUT2D eigenvalue weighted by Gasteiger charge is 2.28. The van der Waals surface area contributed by atoms with E-state index in [-0.39, 0.29) is 0 Å². The smallest absolute Gasteiger partial charge is 0.0225 e. The monoisotopic (exact) mass is 210 g/mol. The summed E-state index contributed by atoms with van der Waals surface area (Å²) >= 11 is 0. The van der Waals surface area contributed by atoms with Crippen molar-refractivity contribution in [2.45, 2.75) is 69.1 Å². The van der Waals surface area contributed by atoms with E-state index >= 15 is 0 Å². The second-order valence-electron chi connectivity index (χ2n) is 5.09. The van der Waals surface area contributed by atoms with Crippen LogP contribution in [0, 0.1) is 6.42 Å². The third kappa shape index (κ3) is 2.92. The first-order valence-electron chi connectivity index (χ1n) is 6.36. The fraction of sp³-hybridized carbons (Fsp3) is 0.917. The molecular weight excluding hydrogens is 186 g/mol. The van der Waals surface area contributed by atoms with Crippen LogP contribution in [-0.2, 0) is 0 Å². The standard InChI is InChI=1S/C12H24N3/c13-9-5-1-3-7-11(9)15-12-8-4-2-6-10(12)14/h3,9-12,15H,1-2,4-8,13-14H2. The van der Waals surface area contributed by atoms with Crippen LogP contribution >= 0.6 is 0 Å². The topological polar surface area (TPSA) is 64.1 Å². The molecule has 0 saturated heterocycles. The molecule has 0 aliphatic heterocycles. The lowest BCUT2D eigenvalue weighted by Crippen LogP contribution is -2.56. The van der Waals surface area contributed by atoms with Gasteiger partial charge in [0.2, 0.25) is 0 Å². The number of rotatable bonds is 2. The Kier molecular flexibility index (Phi) is 4.00. The normalized spacial score (nSPS) is 42.8. The molecule has 87 valence electrons. The fourth-order valence-electron chi connectivity index (χ4n) is 2.82. The van der Waals surface area contributed by atoms with E-state index in [1.165, 1.54) is 32.1 Å². The van der Waals surface area contributed by atoms with E-state index in [4.69, 9.17) is 11.5 Å². The maximum absolute atomic E-state index is 6.13. The first-order chi connectivity index (χ1) is 7.27. The van der Waals surface area contributed by atoms with Crippen LogP contribution in [0.5, 0.6) is 0 Å². The summed E-state index contributed by atoms with van der Waals surface area (Å²) in [6.45, 7) is 0. The summed E-state index contributed by atoms with van der Waals surface area (Å²) in [6, 6.07) is 1.63. The van der Waals surface area contributed by atoms with Gasteiger partial charge in [-0.2, -0.15) is 0 Å². The van der Waals surface area contributed by atoms with Gasteiger partial charge in [-0.05, 0) is 38.5 Å². The van der Waals surface area contributed by atoms with Gasteiger partial charge in [0, 0.05) is 24.2 Å². The van der Waals surface area contributed by atoms with Gasteiger partial charge in [-0.1, -0.05) is 12.8 Å². The summed E-state index contributed by atoms with van der Waals surface area (Å²) in [5, 5.41) is 3.68. The highest BCUT2D eigenvalue weighted by Crippen LogP contribution is 2.21. The van der Waals surface area contributed by atoms with Crippen LogP contribution in [0.4, 0.5) is 0 Å². The van der Waals surface area contributed by atoms with Crippen molar-refractivity contribution in [2.75, 3.05) is 0 Å². The van der Waals surface area contributed by atoms with Crippen LogP contribution in [-0.4, -0.2) is 24.2 Å². The Labute approximate surface area is 93.0 Å². The Morgan fingerprint density at radius 3 is 2.40 bits per heavy atom. The highest BCUT2D eigenvalue weighted by molar-refractivity contribution is 4.95. The minimum atomic E-state index is 0.323. The van der Waals surface area contributed by atoms with Gasteiger partial charge >= 0.3 is 0 Å². The molecule has 2 rings (SSSR count). The van der Waals surface area contributed by atoms with E-state index in [9.17, 15) is 0 Å². The maximum atomic E-state index is 6.13. The van der Waals surface area contributed by atoms with Crippen molar-refractivity contribution >= 4 is 0 Å². The quantitative estimate of drug-likeness (QED) is 0.635. The predicted octanol–water partition coefficient (Wildman–Crippen LogP) is 0.930. The Bertz CT molecular complexity index is 175. The zero-order valence-electron chi connectivity index (χ0n) is 9.49. The minimum absolute atomic E-state index is 0.323. The van der Waals surface area contributed by atoms with E-state index < -0.39 is 0 Å². The lowest BCUT2D eigenvalue weighted by Gasteiger charge is -2.37. The third-order valence-corrected chi connectivity index (χ3v) is 3.89. The second kappa shape index (κ2) is 5.28. The van der Waals surface area contributed by atoms with E-state index in [1.807, 2.05) is 0 Å². The van der Waals surface area contributed by atoms with Crippen molar-refractivity contribution in [1.82, 2.24) is 5.32 Å². The zero-order valence-corrected chi connectivity index (χ0v) is 9.49. The first-order valence-corrected chi connectivity index (χ1v) is 6.36. The van der Waals surface area contributed by atoms with Gasteiger partial charge < -0.3 is 16.8 Å². The van der Waals surface area contributed by atoms with E-state index in [2.05, 4.69) is 11.7 Å². The summed E-state index contributed by atoms with van der Waals surface area (Å²) in [7, 11) is 0. The summed E-state index contributed by atoms with van der Waals surface area (Å²) in [4.78, 5) is 0. The molecule has 0 aromatic carbocycles. The molecule has 0 aromatic rings. The molecule has 4 atom stereocenters. The van der Waals surface area contributed by atoms with Crippen LogP contribution < -0.4 is 16.8 Å². The first kappa shape index (κ1) is 11.4. The van der Waals surface area contributed by atoms with Crippen molar-refractivity contribution in [2.24, 2.45) is 11.5 Å². The molecule has 5 N–H and O–H groups in total. The number of nitrogens with one attached hydrogen (secondary N) is 1. The Morgan fingerprint density at radius 2 is 1.67 bits per heavy atom. The summed E-state index contributed by atoms with van der Waals surface area (Å²) in [5.41, 5.74) is 12.2. The molecule has 4 unspecified atom stereocenters. The predicted molar refractivity (Wildman–Crippen MR) is 63.3 cm³/mol. The summed E-state index contributed by atoms with van der Waals surface area (Å²) in [6.07, 6.45) is 10.8. The van der Waals surface area contributed by atoms with Crippen LogP contribution in [0.3, 0.4) is 0 Å².